The van der Waals surface area contributed by atoms with Crippen LogP contribution in [0.4, 0.5) is 13.2 Å². The minimum atomic E-state index is -4.92. The van der Waals surface area contributed by atoms with E-state index in [2.05, 4.69) is 4.74 Å². The molecule has 94 valence electrons. The molecule has 0 saturated carbocycles. The highest BCUT2D eigenvalue weighted by Gasteiger charge is 2.41. The first-order chi connectivity index (χ1) is 7.39. The second-order valence-corrected chi connectivity index (χ2v) is 3.63. The Kier molecular flexibility index (Phi) is 4.55. The molecule has 1 heterocycles. The van der Waals surface area contributed by atoms with Gasteiger partial charge in [-0.3, -0.25) is 4.90 Å². The molecule has 1 atom stereocenters. The van der Waals surface area contributed by atoms with Gasteiger partial charge in [-0.2, -0.15) is 13.2 Å². The van der Waals surface area contributed by atoms with E-state index in [1.165, 1.54) is 6.92 Å². The van der Waals surface area contributed by atoms with Gasteiger partial charge in [-0.1, -0.05) is 0 Å². The van der Waals surface area contributed by atoms with Crippen LogP contribution in [0, 0.1) is 0 Å². The number of carbonyl (C=O) groups is 1. The first-order valence-corrected chi connectivity index (χ1v) is 4.97. The Hall–Kier alpha value is -0.820. The maximum absolute atomic E-state index is 11.9. The zero-order chi connectivity index (χ0) is 12.2. The van der Waals surface area contributed by atoms with Crippen LogP contribution in [0.25, 0.3) is 0 Å². The van der Waals surface area contributed by atoms with Crippen LogP contribution in [0.2, 0.25) is 0 Å². The maximum Gasteiger partial charge on any atom is 0.490 e. The topological polar surface area (TPSA) is 38.8 Å². The molecular weight excluding hydrogens is 227 g/mol. The number of hydrogen-bond donors (Lipinski definition) is 0. The van der Waals surface area contributed by atoms with Crippen LogP contribution in [-0.2, 0) is 14.3 Å². The molecule has 0 radical (unpaired) electrons. The zero-order valence-corrected chi connectivity index (χ0v) is 8.92. The average Bonchev–Trinajstić information content (AvgIpc) is 2.17. The summed E-state index contributed by atoms with van der Waals surface area (Å²) in [5.74, 6) is -2.13. The van der Waals surface area contributed by atoms with Crippen molar-refractivity contribution in [3.63, 3.8) is 0 Å². The van der Waals surface area contributed by atoms with Crippen molar-refractivity contribution in [3.05, 3.63) is 0 Å². The molecular formula is C9H14F3NO3. The lowest BCUT2D eigenvalue weighted by Gasteiger charge is -2.28. The molecule has 1 rings (SSSR count). The molecule has 1 unspecified atom stereocenters. The Balaban J connectivity index is 2.29. The Morgan fingerprint density at radius 3 is 2.50 bits per heavy atom. The van der Waals surface area contributed by atoms with Crippen LogP contribution < -0.4 is 0 Å². The molecule has 0 aromatic carbocycles. The summed E-state index contributed by atoms with van der Waals surface area (Å²) in [6.45, 7) is 4.14. The Morgan fingerprint density at radius 1 is 1.44 bits per heavy atom. The summed E-state index contributed by atoms with van der Waals surface area (Å²) in [5.41, 5.74) is 0. The predicted molar refractivity (Wildman–Crippen MR) is 48.9 cm³/mol. The van der Waals surface area contributed by atoms with Crippen molar-refractivity contribution in [1.82, 2.24) is 4.90 Å². The van der Waals surface area contributed by atoms with Crippen molar-refractivity contribution >= 4 is 5.97 Å². The standard InChI is InChI=1S/C9H14F3NO3/c1-7(16-8(14)9(10,11)12)6-13-2-4-15-5-3-13/h7H,2-6H2,1H3. The second kappa shape index (κ2) is 5.49. The Bertz CT molecular complexity index is 239. The molecule has 1 aliphatic heterocycles. The summed E-state index contributed by atoms with van der Waals surface area (Å²) in [4.78, 5) is 12.4. The Morgan fingerprint density at radius 2 is 2.00 bits per heavy atom. The van der Waals surface area contributed by atoms with Gasteiger partial charge in [0.05, 0.1) is 13.2 Å². The predicted octanol–water partition coefficient (Wildman–Crippen LogP) is 0.813. The lowest BCUT2D eigenvalue weighted by atomic mass is 10.3. The minimum Gasteiger partial charge on any atom is -0.455 e. The third-order valence-corrected chi connectivity index (χ3v) is 2.16. The number of alkyl halides is 3. The van der Waals surface area contributed by atoms with E-state index >= 15 is 0 Å². The second-order valence-electron chi connectivity index (χ2n) is 3.63. The number of morpholine rings is 1. The van der Waals surface area contributed by atoms with Gasteiger partial charge in [0.15, 0.2) is 0 Å². The van der Waals surface area contributed by atoms with Gasteiger partial charge in [0.1, 0.15) is 6.10 Å². The van der Waals surface area contributed by atoms with Gasteiger partial charge in [-0.25, -0.2) is 4.79 Å². The van der Waals surface area contributed by atoms with E-state index in [1.807, 2.05) is 4.90 Å². The molecule has 4 nitrogen and oxygen atoms in total. The third-order valence-electron chi connectivity index (χ3n) is 2.16. The highest BCUT2D eigenvalue weighted by molar-refractivity contribution is 5.75. The number of halogens is 3. The van der Waals surface area contributed by atoms with Crippen LogP contribution in [0.5, 0.6) is 0 Å². The lowest BCUT2D eigenvalue weighted by Crippen LogP contribution is -2.42. The van der Waals surface area contributed by atoms with E-state index in [0.717, 1.165) is 0 Å². The molecule has 0 bridgehead atoms. The van der Waals surface area contributed by atoms with Crippen molar-refractivity contribution in [2.24, 2.45) is 0 Å². The summed E-state index contributed by atoms with van der Waals surface area (Å²) in [6, 6.07) is 0. The number of esters is 1. The van der Waals surface area contributed by atoms with Crippen LogP contribution in [-0.4, -0.2) is 56.0 Å². The SMILES string of the molecule is CC(CN1CCOCC1)OC(=O)C(F)(F)F. The number of ether oxygens (including phenoxy) is 2. The maximum atomic E-state index is 11.9. The molecule has 0 spiro atoms. The van der Waals surface area contributed by atoms with E-state index in [9.17, 15) is 18.0 Å². The van der Waals surface area contributed by atoms with E-state index in [4.69, 9.17) is 4.74 Å². The van der Waals surface area contributed by atoms with E-state index in [1.54, 1.807) is 0 Å². The van der Waals surface area contributed by atoms with Crippen LogP contribution >= 0.6 is 0 Å². The fourth-order valence-electron chi connectivity index (χ4n) is 1.43. The Labute approximate surface area is 91.3 Å². The van der Waals surface area contributed by atoms with Crippen molar-refractivity contribution in [2.45, 2.75) is 19.2 Å². The van der Waals surface area contributed by atoms with Crippen molar-refractivity contribution in [3.8, 4) is 0 Å². The molecule has 0 N–H and O–H groups in total. The molecule has 1 fully saturated rings. The lowest BCUT2D eigenvalue weighted by molar-refractivity contribution is -0.204. The zero-order valence-electron chi connectivity index (χ0n) is 8.92. The normalized spacial score (nSPS) is 20.5. The summed E-state index contributed by atoms with van der Waals surface area (Å²) in [6.07, 6.45) is -5.69. The molecule has 1 aliphatic rings. The average molecular weight is 241 g/mol. The quantitative estimate of drug-likeness (QED) is 0.685. The highest BCUT2D eigenvalue weighted by atomic mass is 19.4. The van der Waals surface area contributed by atoms with Gasteiger partial charge in [0.2, 0.25) is 0 Å². The van der Waals surface area contributed by atoms with Gasteiger partial charge in [0, 0.05) is 19.6 Å². The largest absolute Gasteiger partial charge is 0.490 e. The number of carbonyl (C=O) groups excluding carboxylic acids is 1. The van der Waals surface area contributed by atoms with Gasteiger partial charge < -0.3 is 9.47 Å². The highest BCUT2D eigenvalue weighted by Crippen LogP contribution is 2.17. The monoisotopic (exact) mass is 241 g/mol. The van der Waals surface area contributed by atoms with Crippen LogP contribution in [0.3, 0.4) is 0 Å². The van der Waals surface area contributed by atoms with E-state index in [-0.39, 0.29) is 0 Å². The van der Waals surface area contributed by atoms with E-state index in [0.29, 0.717) is 32.8 Å². The van der Waals surface area contributed by atoms with Gasteiger partial charge in [0.25, 0.3) is 0 Å². The smallest absolute Gasteiger partial charge is 0.455 e. The van der Waals surface area contributed by atoms with E-state index < -0.39 is 18.2 Å². The fraction of sp³-hybridized carbons (Fsp3) is 0.889. The van der Waals surface area contributed by atoms with Crippen molar-refractivity contribution in [1.29, 1.82) is 0 Å². The third kappa shape index (κ3) is 4.36. The first kappa shape index (κ1) is 13.2. The molecule has 0 aromatic rings. The van der Waals surface area contributed by atoms with Crippen LogP contribution in [0.1, 0.15) is 6.92 Å². The van der Waals surface area contributed by atoms with Crippen molar-refractivity contribution in [2.75, 3.05) is 32.8 Å². The fourth-order valence-corrected chi connectivity index (χ4v) is 1.43. The molecule has 0 aliphatic carbocycles. The summed E-state index contributed by atoms with van der Waals surface area (Å²) >= 11 is 0. The van der Waals surface area contributed by atoms with Gasteiger partial charge >= 0.3 is 12.1 Å². The molecule has 7 heteroatoms. The number of nitrogens with zero attached hydrogens (tertiary/aromatic N) is 1. The summed E-state index contributed by atoms with van der Waals surface area (Å²) in [7, 11) is 0. The molecule has 0 amide bonds. The summed E-state index contributed by atoms with van der Waals surface area (Å²) in [5, 5.41) is 0. The van der Waals surface area contributed by atoms with Gasteiger partial charge in [-0.05, 0) is 6.92 Å². The minimum absolute atomic E-state index is 0.297. The molecule has 16 heavy (non-hydrogen) atoms. The molecule has 0 aromatic heterocycles. The van der Waals surface area contributed by atoms with Gasteiger partial charge in [-0.15, -0.1) is 0 Å². The van der Waals surface area contributed by atoms with Crippen molar-refractivity contribution < 1.29 is 27.4 Å². The number of hydrogen-bond acceptors (Lipinski definition) is 4. The summed E-state index contributed by atoms with van der Waals surface area (Å²) < 4.78 is 45.0. The molecule has 1 saturated heterocycles. The number of rotatable bonds is 3. The van der Waals surface area contributed by atoms with Crippen LogP contribution in [0.15, 0.2) is 0 Å². The first-order valence-electron chi connectivity index (χ1n) is 4.97.